The highest BCUT2D eigenvalue weighted by Gasteiger charge is 2.09. The third-order valence-electron chi connectivity index (χ3n) is 4.38. The molecule has 0 bridgehead atoms. The fourth-order valence-electron chi connectivity index (χ4n) is 2.93. The van der Waals surface area contributed by atoms with Crippen LogP contribution in [0.3, 0.4) is 0 Å². The number of aromatic nitrogens is 1. The smallest absolute Gasteiger partial charge is 0.130 e. The van der Waals surface area contributed by atoms with E-state index in [1.807, 2.05) is 66.7 Å². The van der Waals surface area contributed by atoms with Crippen molar-refractivity contribution in [3.05, 3.63) is 89.7 Å². The molecule has 0 saturated heterocycles. The van der Waals surface area contributed by atoms with Crippen LogP contribution in [0.4, 0.5) is 0 Å². The molecule has 5 heteroatoms. The molecule has 1 unspecified atom stereocenters. The third-order valence-corrected chi connectivity index (χ3v) is 4.38. The first-order valence-corrected chi connectivity index (χ1v) is 9.37. The minimum absolute atomic E-state index is 0.400. The number of benzene rings is 2. The van der Waals surface area contributed by atoms with Crippen LogP contribution in [0.5, 0.6) is 11.5 Å². The molecule has 1 aromatic heterocycles. The summed E-state index contributed by atoms with van der Waals surface area (Å²) in [5.74, 6) is 1.54. The maximum absolute atomic E-state index is 10.3. The van der Waals surface area contributed by atoms with Crippen LogP contribution in [0.15, 0.2) is 72.9 Å². The highest BCUT2D eigenvalue weighted by molar-refractivity contribution is 5.40. The van der Waals surface area contributed by atoms with Crippen molar-refractivity contribution >= 4 is 0 Å². The number of ether oxygens (including phenoxy) is 2. The first kappa shape index (κ1) is 19.9. The highest BCUT2D eigenvalue weighted by atomic mass is 16.5. The number of aliphatic hydroxyl groups excluding tert-OH is 1. The standard InChI is InChI=1S/C23H26N2O3/c1-27-22-10-11-23(28-17-20-9-5-6-12-25-20)19(14-22)15-24-16-21(26)13-18-7-3-2-4-8-18/h2-12,14,21,24,26H,13,15-17H2,1H3. The van der Waals surface area contributed by atoms with E-state index >= 15 is 0 Å². The number of methoxy groups -OCH3 is 1. The van der Waals surface area contributed by atoms with Gasteiger partial charge in [-0.1, -0.05) is 36.4 Å². The van der Waals surface area contributed by atoms with Crippen LogP contribution in [0.2, 0.25) is 0 Å². The Balaban J connectivity index is 1.56. The predicted octanol–water partition coefficient (Wildman–Crippen LogP) is 3.36. The van der Waals surface area contributed by atoms with Crippen molar-refractivity contribution in [3.63, 3.8) is 0 Å². The number of aliphatic hydroxyl groups is 1. The summed E-state index contributed by atoms with van der Waals surface area (Å²) in [4.78, 5) is 4.28. The molecule has 0 fully saturated rings. The number of rotatable bonds is 10. The Morgan fingerprint density at radius 3 is 2.61 bits per heavy atom. The van der Waals surface area contributed by atoms with Crippen LogP contribution < -0.4 is 14.8 Å². The van der Waals surface area contributed by atoms with E-state index in [1.165, 1.54) is 0 Å². The molecule has 0 saturated carbocycles. The number of pyridine rings is 1. The van der Waals surface area contributed by atoms with Gasteiger partial charge in [-0.25, -0.2) is 0 Å². The second-order valence-electron chi connectivity index (χ2n) is 6.56. The second-order valence-corrected chi connectivity index (χ2v) is 6.56. The van der Waals surface area contributed by atoms with Crippen LogP contribution >= 0.6 is 0 Å². The molecule has 0 aliphatic carbocycles. The molecule has 2 N–H and O–H groups in total. The van der Waals surface area contributed by atoms with E-state index in [-0.39, 0.29) is 0 Å². The molecule has 28 heavy (non-hydrogen) atoms. The lowest BCUT2D eigenvalue weighted by Crippen LogP contribution is -2.28. The molecular formula is C23H26N2O3. The van der Waals surface area contributed by atoms with Crippen molar-refractivity contribution in [2.75, 3.05) is 13.7 Å². The van der Waals surface area contributed by atoms with Gasteiger partial charge in [0.1, 0.15) is 18.1 Å². The monoisotopic (exact) mass is 378 g/mol. The summed E-state index contributed by atoms with van der Waals surface area (Å²) in [6.45, 7) is 1.46. The van der Waals surface area contributed by atoms with Crippen molar-refractivity contribution in [2.24, 2.45) is 0 Å². The summed E-state index contributed by atoms with van der Waals surface area (Å²) < 4.78 is 11.3. The maximum atomic E-state index is 10.3. The van der Waals surface area contributed by atoms with Crippen molar-refractivity contribution in [2.45, 2.75) is 25.7 Å². The Labute approximate surface area is 166 Å². The van der Waals surface area contributed by atoms with Crippen molar-refractivity contribution < 1.29 is 14.6 Å². The molecule has 0 radical (unpaired) electrons. The van der Waals surface area contributed by atoms with Gasteiger partial charge in [0.2, 0.25) is 0 Å². The van der Waals surface area contributed by atoms with Crippen molar-refractivity contribution in [1.82, 2.24) is 10.3 Å². The molecule has 0 amide bonds. The van der Waals surface area contributed by atoms with Gasteiger partial charge in [0.05, 0.1) is 18.9 Å². The summed E-state index contributed by atoms with van der Waals surface area (Å²) in [5, 5.41) is 13.6. The minimum Gasteiger partial charge on any atom is -0.497 e. The zero-order valence-electron chi connectivity index (χ0n) is 16.0. The summed E-state index contributed by atoms with van der Waals surface area (Å²) in [6, 6.07) is 21.5. The van der Waals surface area contributed by atoms with E-state index in [1.54, 1.807) is 13.3 Å². The molecule has 0 aliphatic rings. The van der Waals surface area contributed by atoms with E-state index < -0.39 is 6.10 Å². The Kier molecular flexibility index (Phi) is 7.41. The Morgan fingerprint density at radius 2 is 1.86 bits per heavy atom. The largest absolute Gasteiger partial charge is 0.497 e. The van der Waals surface area contributed by atoms with Gasteiger partial charge >= 0.3 is 0 Å². The van der Waals surface area contributed by atoms with Crippen LogP contribution in [-0.2, 0) is 19.6 Å². The van der Waals surface area contributed by atoms with Crippen molar-refractivity contribution in [3.8, 4) is 11.5 Å². The van der Waals surface area contributed by atoms with Crippen LogP contribution in [0.25, 0.3) is 0 Å². The van der Waals surface area contributed by atoms with Gasteiger partial charge in [0.25, 0.3) is 0 Å². The summed E-state index contributed by atoms with van der Waals surface area (Å²) >= 11 is 0. The minimum atomic E-state index is -0.453. The SMILES string of the molecule is COc1ccc(OCc2ccccn2)c(CNCC(O)Cc2ccccc2)c1. The fourth-order valence-corrected chi connectivity index (χ4v) is 2.93. The maximum Gasteiger partial charge on any atom is 0.130 e. The molecule has 146 valence electrons. The fraction of sp³-hybridized carbons (Fsp3) is 0.261. The number of nitrogens with zero attached hydrogens (tertiary/aromatic N) is 1. The van der Waals surface area contributed by atoms with E-state index in [0.717, 1.165) is 28.3 Å². The Bertz CT molecular complexity index is 841. The molecule has 1 heterocycles. The van der Waals surface area contributed by atoms with Crippen LogP contribution in [0, 0.1) is 0 Å². The van der Waals surface area contributed by atoms with Crippen LogP contribution in [-0.4, -0.2) is 29.8 Å². The molecular weight excluding hydrogens is 352 g/mol. The van der Waals surface area contributed by atoms with Gasteiger partial charge in [-0.05, 0) is 42.3 Å². The topological polar surface area (TPSA) is 63.6 Å². The molecule has 5 nitrogen and oxygen atoms in total. The summed E-state index contributed by atoms with van der Waals surface area (Å²) in [5.41, 5.74) is 2.97. The van der Waals surface area contributed by atoms with E-state index in [2.05, 4.69) is 10.3 Å². The third kappa shape index (κ3) is 6.08. The lowest BCUT2D eigenvalue weighted by Gasteiger charge is -2.15. The zero-order chi connectivity index (χ0) is 19.6. The molecule has 2 aromatic carbocycles. The zero-order valence-corrected chi connectivity index (χ0v) is 16.0. The Hall–Kier alpha value is -2.89. The van der Waals surface area contributed by atoms with Gasteiger partial charge in [0, 0.05) is 24.8 Å². The predicted molar refractivity (Wildman–Crippen MR) is 109 cm³/mol. The molecule has 3 rings (SSSR count). The van der Waals surface area contributed by atoms with Gasteiger partial charge in [-0.15, -0.1) is 0 Å². The summed E-state index contributed by atoms with van der Waals surface area (Å²) in [7, 11) is 1.64. The average Bonchev–Trinajstić information content (AvgIpc) is 2.74. The number of hydrogen-bond donors (Lipinski definition) is 2. The quantitative estimate of drug-likeness (QED) is 0.566. The van der Waals surface area contributed by atoms with Gasteiger partial charge in [0.15, 0.2) is 0 Å². The van der Waals surface area contributed by atoms with Crippen molar-refractivity contribution in [1.29, 1.82) is 0 Å². The first-order valence-electron chi connectivity index (χ1n) is 9.37. The van der Waals surface area contributed by atoms with Gasteiger partial charge in [-0.2, -0.15) is 0 Å². The highest BCUT2D eigenvalue weighted by Crippen LogP contribution is 2.25. The van der Waals surface area contributed by atoms with E-state index in [0.29, 0.717) is 26.1 Å². The summed E-state index contributed by atoms with van der Waals surface area (Å²) in [6.07, 6.45) is 1.92. The molecule has 0 spiro atoms. The number of hydrogen-bond acceptors (Lipinski definition) is 5. The normalized spacial score (nSPS) is 11.8. The van der Waals surface area contributed by atoms with Gasteiger partial charge < -0.3 is 19.9 Å². The van der Waals surface area contributed by atoms with E-state index in [4.69, 9.17) is 9.47 Å². The lowest BCUT2D eigenvalue weighted by atomic mass is 10.1. The molecule has 3 aromatic rings. The number of nitrogens with one attached hydrogen (secondary N) is 1. The Morgan fingerprint density at radius 1 is 1.04 bits per heavy atom. The van der Waals surface area contributed by atoms with Gasteiger partial charge in [-0.3, -0.25) is 4.98 Å². The molecule has 1 atom stereocenters. The first-order chi connectivity index (χ1) is 13.7. The second kappa shape index (κ2) is 10.4. The van der Waals surface area contributed by atoms with Crippen LogP contribution in [0.1, 0.15) is 16.8 Å². The molecule has 0 aliphatic heterocycles. The average molecular weight is 378 g/mol. The van der Waals surface area contributed by atoms with E-state index in [9.17, 15) is 5.11 Å². The lowest BCUT2D eigenvalue weighted by molar-refractivity contribution is 0.171.